The molecule has 1 aliphatic rings. The Kier molecular flexibility index (Phi) is 5.89. The van der Waals surface area contributed by atoms with Crippen LogP contribution in [0.5, 0.6) is 5.75 Å². The molecule has 1 N–H and O–H groups in total. The van der Waals surface area contributed by atoms with Crippen LogP contribution in [0.2, 0.25) is 0 Å². The molecule has 8 heteroatoms. The molecule has 0 amide bonds. The van der Waals surface area contributed by atoms with Crippen LogP contribution in [0.15, 0.2) is 30.3 Å². The Bertz CT molecular complexity index is 1100. The summed E-state index contributed by atoms with van der Waals surface area (Å²) in [5.74, 6) is 0.870. The first-order chi connectivity index (χ1) is 14.9. The van der Waals surface area contributed by atoms with Crippen LogP contribution in [-0.2, 0) is 0 Å². The standard InChI is InChI=1S/C23H25F3N4O/c1-13(15-7-6-8-16(21(15)24)22(25)26)27-23-17-11-20(31-3)19(30-9-4-5-10-30)12-18(17)28-14(2)29-23/h6-8,11-13,22H,4-5,9-10H2,1-3H3,(H,27,28,29). The highest BCUT2D eigenvalue weighted by Gasteiger charge is 2.22. The van der Waals surface area contributed by atoms with E-state index in [0.717, 1.165) is 48.6 Å². The smallest absolute Gasteiger partial charge is 0.266 e. The number of hydrogen-bond donors (Lipinski definition) is 1. The number of fused-ring (bicyclic) bond motifs is 1. The molecule has 1 fully saturated rings. The first kappa shape index (κ1) is 21.2. The molecule has 1 atom stereocenters. The molecule has 1 saturated heterocycles. The molecule has 164 valence electrons. The molecule has 1 aliphatic heterocycles. The molecule has 0 spiro atoms. The van der Waals surface area contributed by atoms with Crippen LogP contribution in [0, 0.1) is 12.7 Å². The Morgan fingerprint density at radius 2 is 1.81 bits per heavy atom. The van der Waals surface area contributed by atoms with Gasteiger partial charge in [-0.25, -0.2) is 23.1 Å². The first-order valence-corrected chi connectivity index (χ1v) is 10.3. The third kappa shape index (κ3) is 4.11. The van der Waals surface area contributed by atoms with E-state index >= 15 is 0 Å². The maximum absolute atomic E-state index is 14.6. The summed E-state index contributed by atoms with van der Waals surface area (Å²) in [6.07, 6.45) is -0.600. The van der Waals surface area contributed by atoms with Crippen molar-refractivity contribution in [2.75, 3.05) is 30.4 Å². The Morgan fingerprint density at radius 1 is 1.10 bits per heavy atom. The maximum Gasteiger partial charge on any atom is 0.266 e. The van der Waals surface area contributed by atoms with Crippen molar-refractivity contribution in [3.63, 3.8) is 0 Å². The number of benzene rings is 2. The van der Waals surface area contributed by atoms with Crippen molar-refractivity contribution in [2.45, 2.75) is 39.2 Å². The molecule has 31 heavy (non-hydrogen) atoms. The van der Waals surface area contributed by atoms with Crippen LogP contribution < -0.4 is 15.0 Å². The molecule has 2 aromatic carbocycles. The Labute approximate surface area is 179 Å². The molecular formula is C23H25F3N4O. The van der Waals surface area contributed by atoms with Crippen molar-refractivity contribution in [3.8, 4) is 5.75 Å². The third-order valence-electron chi connectivity index (χ3n) is 5.67. The number of hydrogen-bond acceptors (Lipinski definition) is 5. The van der Waals surface area contributed by atoms with Crippen LogP contribution in [0.4, 0.5) is 24.7 Å². The second kappa shape index (κ2) is 8.61. The summed E-state index contributed by atoms with van der Waals surface area (Å²) in [7, 11) is 1.62. The maximum atomic E-state index is 14.6. The summed E-state index contributed by atoms with van der Waals surface area (Å²) in [5, 5.41) is 3.91. The van der Waals surface area contributed by atoms with E-state index in [-0.39, 0.29) is 5.56 Å². The molecule has 3 aromatic rings. The van der Waals surface area contributed by atoms with Crippen molar-refractivity contribution in [1.29, 1.82) is 0 Å². The second-order valence-electron chi connectivity index (χ2n) is 7.77. The van der Waals surface area contributed by atoms with Crippen LogP contribution >= 0.6 is 0 Å². The molecular weight excluding hydrogens is 405 g/mol. The summed E-state index contributed by atoms with van der Waals surface area (Å²) in [5.41, 5.74) is 1.28. The number of rotatable bonds is 6. The van der Waals surface area contributed by atoms with Crippen molar-refractivity contribution in [3.05, 3.63) is 53.1 Å². The molecule has 0 saturated carbocycles. The molecule has 2 heterocycles. The summed E-state index contributed by atoms with van der Waals surface area (Å²) < 4.78 is 46.5. The third-order valence-corrected chi connectivity index (χ3v) is 5.67. The Balaban J connectivity index is 1.75. The lowest BCUT2D eigenvalue weighted by Crippen LogP contribution is -2.18. The van der Waals surface area contributed by atoms with Crippen LogP contribution in [-0.4, -0.2) is 30.2 Å². The number of aromatic nitrogens is 2. The predicted octanol–water partition coefficient (Wildman–Crippen LogP) is 5.80. The van der Waals surface area contributed by atoms with E-state index < -0.39 is 23.8 Å². The van der Waals surface area contributed by atoms with Crippen molar-refractivity contribution in [1.82, 2.24) is 9.97 Å². The van der Waals surface area contributed by atoms with E-state index in [0.29, 0.717) is 17.4 Å². The minimum atomic E-state index is -2.87. The number of nitrogens with zero attached hydrogens (tertiary/aromatic N) is 3. The fourth-order valence-corrected chi connectivity index (χ4v) is 4.09. The van der Waals surface area contributed by atoms with Gasteiger partial charge in [-0.3, -0.25) is 0 Å². The monoisotopic (exact) mass is 430 g/mol. The molecule has 0 aliphatic carbocycles. The van der Waals surface area contributed by atoms with Gasteiger partial charge in [-0.1, -0.05) is 18.2 Å². The molecule has 0 radical (unpaired) electrons. The van der Waals surface area contributed by atoms with Crippen molar-refractivity contribution < 1.29 is 17.9 Å². The lowest BCUT2D eigenvalue weighted by Gasteiger charge is -2.22. The van der Waals surface area contributed by atoms with E-state index in [1.54, 1.807) is 21.0 Å². The van der Waals surface area contributed by atoms with E-state index in [1.807, 2.05) is 12.1 Å². The van der Waals surface area contributed by atoms with Crippen LogP contribution in [0.1, 0.15) is 49.2 Å². The molecule has 1 aromatic heterocycles. The van der Waals surface area contributed by atoms with Gasteiger partial charge in [0.1, 0.15) is 23.2 Å². The minimum Gasteiger partial charge on any atom is -0.495 e. The van der Waals surface area contributed by atoms with E-state index in [9.17, 15) is 13.2 Å². The van der Waals surface area contributed by atoms with Crippen LogP contribution in [0.25, 0.3) is 10.9 Å². The highest BCUT2D eigenvalue weighted by atomic mass is 19.3. The molecule has 4 rings (SSSR count). The summed E-state index contributed by atoms with van der Waals surface area (Å²) in [6.45, 7) is 5.43. The minimum absolute atomic E-state index is 0.155. The zero-order valence-corrected chi connectivity index (χ0v) is 17.8. The fraction of sp³-hybridized carbons (Fsp3) is 0.391. The number of methoxy groups -OCH3 is 1. The molecule has 0 bridgehead atoms. The zero-order chi connectivity index (χ0) is 22.1. The summed E-state index contributed by atoms with van der Waals surface area (Å²) >= 11 is 0. The van der Waals surface area contributed by atoms with Gasteiger partial charge in [0.05, 0.1) is 29.9 Å². The number of anilines is 2. The normalized spacial score (nSPS) is 15.0. The first-order valence-electron chi connectivity index (χ1n) is 10.3. The van der Waals surface area contributed by atoms with Gasteiger partial charge in [0, 0.05) is 24.0 Å². The highest BCUT2D eigenvalue weighted by Crippen LogP contribution is 2.37. The SMILES string of the molecule is COc1cc2c(NC(C)c3cccc(C(F)F)c3F)nc(C)nc2cc1N1CCCC1. The Morgan fingerprint density at radius 3 is 2.48 bits per heavy atom. The predicted molar refractivity (Wildman–Crippen MR) is 116 cm³/mol. The topological polar surface area (TPSA) is 50.3 Å². The summed E-state index contributed by atoms with van der Waals surface area (Å²) in [4.78, 5) is 11.3. The number of ether oxygens (including phenoxy) is 1. The lowest BCUT2D eigenvalue weighted by molar-refractivity contribution is 0.146. The lowest BCUT2D eigenvalue weighted by atomic mass is 10.0. The largest absolute Gasteiger partial charge is 0.495 e. The van der Waals surface area contributed by atoms with Gasteiger partial charge in [-0.15, -0.1) is 0 Å². The van der Waals surface area contributed by atoms with E-state index in [4.69, 9.17) is 4.74 Å². The number of alkyl halides is 2. The number of halogens is 3. The van der Waals surface area contributed by atoms with Crippen molar-refractivity contribution in [2.24, 2.45) is 0 Å². The van der Waals surface area contributed by atoms with Gasteiger partial charge in [0.2, 0.25) is 0 Å². The van der Waals surface area contributed by atoms with E-state index in [1.165, 1.54) is 12.1 Å². The summed E-state index contributed by atoms with van der Waals surface area (Å²) in [6, 6.07) is 7.32. The second-order valence-corrected chi connectivity index (χ2v) is 7.77. The highest BCUT2D eigenvalue weighted by molar-refractivity contribution is 5.94. The molecule has 1 unspecified atom stereocenters. The van der Waals surface area contributed by atoms with Gasteiger partial charge < -0.3 is 15.0 Å². The van der Waals surface area contributed by atoms with Gasteiger partial charge >= 0.3 is 0 Å². The van der Waals surface area contributed by atoms with Gasteiger partial charge in [-0.2, -0.15) is 0 Å². The van der Waals surface area contributed by atoms with E-state index in [2.05, 4.69) is 20.2 Å². The molecule has 5 nitrogen and oxygen atoms in total. The average molecular weight is 430 g/mol. The Hall–Kier alpha value is -3.03. The zero-order valence-electron chi connectivity index (χ0n) is 17.8. The number of aryl methyl sites for hydroxylation is 1. The fourth-order valence-electron chi connectivity index (χ4n) is 4.09. The van der Waals surface area contributed by atoms with Gasteiger partial charge in [0.15, 0.2) is 0 Å². The van der Waals surface area contributed by atoms with Crippen LogP contribution in [0.3, 0.4) is 0 Å². The van der Waals surface area contributed by atoms with Gasteiger partial charge in [0.25, 0.3) is 6.43 Å². The average Bonchev–Trinajstić information content (AvgIpc) is 3.27. The quantitative estimate of drug-likeness (QED) is 0.536. The van der Waals surface area contributed by atoms with Gasteiger partial charge in [-0.05, 0) is 38.8 Å². The van der Waals surface area contributed by atoms with Crippen molar-refractivity contribution >= 4 is 22.4 Å². The number of nitrogens with one attached hydrogen (secondary N) is 1.